The predicted octanol–water partition coefficient (Wildman–Crippen LogP) is 3.31. The van der Waals surface area contributed by atoms with Crippen molar-refractivity contribution in [2.45, 2.75) is 43.7 Å². The molecule has 0 amide bonds. The van der Waals surface area contributed by atoms with E-state index in [1.54, 1.807) is 0 Å². The van der Waals surface area contributed by atoms with E-state index in [-0.39, 0.29) is 29.6 Å². The molecule has 1 saturated heterocycles. The molecule has 1 atom stereocenters. The quantitative estimate of drug-likeness (QED) is 0.530. The summed E-state index contributed by atoms with van der Waals surface area (Å²) in [5.41, 5.74) is 1.03. The molecule has 0 spiro atoms. The highest BCUT2D eigenvalue weighted by molar-refractivity contribution is 7.89. The molecule has 1 aliphatic heterocycles. The van der Waals surface area contributed by atoms with E-state index in [1.807, 2.05) is 0 Å². The van der Waals surface area contributed by atoms with E-state index >= 15 is 0 Å². The smallest absolute Gasteiger partial charge is 0.324 e. The van der Waals surface area contributed by atoms with Crippen LogP contribution < -0.4 is 0 Å². The molecule has 29 heavy (non-hydrogen) atoms. The number of piperidine rings is 1. The molecule has 0 aliphatic carbocycles. The third-order valence-electron chi connectivity index (χ3n) is 4.89. The van der Waals surface area contributed by atoms with E-state index in [1.165, 1.54) is 59.8 Å². The van der Waals surface area contributed by atoms with E-state index < -0.39 is 22.0 Å². The Labute approximate surface area is 169 Å². The Morgan fingerprint density at radius 1 is 1.07 bits per heavy atom. The number of ether oxygens (including phenoxy) is 1. The van der Waals surface area contributed by atoms with E-state index in [0.717, 1.165) is 0 Å². The van der Waals surface area contributed by atoms with Crippen molar-refractivity contribution in [2.75, 3.05) is 6.54 Å². The van der Waals surface area contributed by atoms with Crippen molar-refractivity contribution in [3.63, 3.8) is 0 Å². The zero-order valence-electron chi connectivity index (χ0n) is 16.0. The van der Waals surface area contributed by atoms with Gasteiger partial charge in [-0.15, -0.1) is 0 Å². The van der Waals surface area contributed by atoms with Crippen molar-refractivity contribution in [3.8, 4) is 0 Å². The number of benzene rings is 2. The lowest BCUT2D eigenvalue weighted by Gasteiger charge is -2.33. The lowest BCUT2D eigenvalue weighted by Crippen LogP contribution is -2.48. The summed E-state index contributed by atoms with van der Waals surface area (Å²) in [6.07, 6.45) is 1.73. The van der Waals surface area contributed by atoms with Crippen molar-refractivity contribution >= 4 is 21.8 Å². The van der Waals surface area contributed by atoms with Crippen LogP contribution in [0, 0.1) is 5.82 Å². The second kappa shape index (κ2) is 8.84. The van der Waals surface area contributed by atoms with Gasteiger partial charge in [-0.1, -0.05) is 24.3 Å². The number of hydrogen-bond acceptors (Lipinski definition) is 5. The van der Waals surface area contributed by atoms with Crippen molar-refractivity contribution < 1.29 is 27.1 Å². The standard InChI is InChI=1S/C21H22FNO5S/c1-15(24)17-7-11-19(12-8-17)29(26,27)23-13-3-2-4-20(23)21(25)28-14-16-5-9-18(22)10-6-16/h5-12,20H,2-4,13-14H2,1H3. The van der Waals surface area contributed by atoms with E-state index in [9.17, 15) is 22.4 Å². The minimum atomic E-state index is -3.92. The zero-order valence-corrected chi connectivity index (χ0v) is 16.8. The minimum Gasteiger partial charge on any atom is -0.460 e. The summed E-state index contributed by atoms with van der Waals surface area (Å²) in [5.74, 6) is -1.17. The van der Waals surface area contributed by atoms with Crippen LogP contribution in [0.2, 0.25) is 0 Å². The predicted molar refractivity (Wildman–Crippen MR) is 104 cm³/mol. The molecule has 0 aromatic heterocycles. The summed E-state index contributed by atoms with van der Waals surface area (Å²) in [5, 5.41) is 0. The number of hydrogen-bond donors (Lipinski definition) is 0. The van der Waals surface area contributed by atoms with Gasteiger partial charge in [0.05, 0.1) is 4.90 Å². The molecular weight excluding hydrogens is 397 g/mol. The summed E-state index contributed by atoms with van der Waals surface area (Å²) < 4.78 is 45.6. The van der Waals surface area contributed by atoms with Crippen LogP contribution in [0.25, 0.3) is 0 Å². The maximum absolute atomic E-state index is 13.1. The summed E-state index contributed by atoms with van der Waals surface area (Å²) >= 11 is 0. The van der Waals surface area contributed by atoms with Crippen LogP contribution in [0.4, 0.5) is 4.39 Å². The van der Waals surface area contributed by atoms with Gasteiger partial charge in [0.1, 0.15) is 18.5 Å². The Kier molecular flexibility index (Phi) is 6.44. The van der Waals surface area contributed by atoms with E-state index in [2.05, 4.69) is 0 Å². The van der Waals surface area contributed by atoms with Gasteiger partial charge in [-0.05, 0) is 56.0 Å². The Hall–Kier alpha value is -2.58. The van der Waals surface area contributed by atoms with Crippen LogP contribution in [0.5, 0.6) is 0 Å². The fraction of sp³-hybridized carbons (Fsp3) is 0.333. The van der Waals surface area contributed by atoms with Gasteiger partial charge >= 0.3 is 5.97 Å². The molecule has 0 radical (unpaired) electrons. The van der Waals surface area contributed by atoms with Crippen LogP contribution in [0.3, 0.4) is 0 Å². The molecule has 1 heterocycles. The number of rotatable bonds is 6. The Bertz CT molecular complexity index is 987. The summed E-state index contributed by atoms with van der Waals surface area (Å²) in [4.78, 5) is 24.1. The summed E-state index contributed by atoms with van der Waals surface area (Å²) in [6, 6.07) is 10.3. The SMILES string of the molecule is CC(=O)c1ccc(S(=O)(=O)N2CCCCC2C(=O)OCc2ccc(F)cc2)cc1. The molecule has 1 aliphatic rings. The highest BCUT2D eigenvalue weighted by atomic mass is 32.2. The van der Waals surface area contributed by atoms with Crippen LogP contribution in [-0.2, 0) is 26.2 Å². The van der Waals surface area contributed by atoms with Crippen LogP contribution in [0.15, 0.2) is 53.4 Å². The molecule has 0 bridgehead atoms. The summed E-state index contributed by atoms with van der Waals surface area (Å²) in [7, 11) is -3.92. The van der Waals surface area contributed by atoms with Gasteiger partial charge < -0.3 is 4.74 Å². The highest BCUT2D eigenvalue weighted by Gasteiger charge is 2.38. The van der Waals surface area contributed by atoms with Gasteiger partial charge in [0.25, 0.3) is 0 Å². The van der Waals surface area contributed by atoms with Gasteiger partial charge in [-0.3, -0.25) is 9.59 Å². The number of carbonyl (C=O) groups excluding carboxylic acids is 2. The number of Topliss-reactive ketones (excluding diaryl/α,β-unsaturated/α-hetero) is 1. The fourth-order valence-corrected chi connectivity index (χ4v) is 4.90. The normalized spacial score (nSPS) is 17.7. The molecule has 1 fully saturated rings. The number of sulfonamides is 1. The Morgan fingerprint density at radius 3 is 2.34 bits per heavy atom. The zero-order chi connectivity index (χ0) is 21.0. The maximum atomic E-state index is 13.1. The lowest BCUT2D eigenvalue weighted by molar-refractivity contribution is -0.150. The largest absolute Gasteiger partial charge is 0.460 e. The topological polar surface area (TPSA) is 80.8 Å². The van der Waals surface area contributed by atoms with Gasteiger partial charge in [0, 0.05) is 12.1 Å². The third kappa shape index (κ3) is 4.89. The molecule has 2 aromatic rings. The monoisotopic (exact) mass is 419 g/mol. The molecule has 0 saturated carbocycles. The average molecular weight is 419 g/mol. The van der Waals surface area contributed by atoms with Crippen molar-refractivity contribution in [1.29, 1.82) is 0 Å². The van der Waals surface area contributed by atoms with E-state index in [4.69, 9.17) is 4.74 Å². The molecule has 1 unspecified atom stereocenters. The highest BCUT2D eigenvalue weighted by Crippen LogP contribution is 2.26. The van der Waals surface area contributed by atoms with Gasteiger partial charge in [0.2, 0.25) is 10.0 Å². The number of carbonyl (C=O) groups is 2. The minimum absolute atomic E-state index is 0.0285. The van der Waals surface area contributed by atoms with Crippen molar-refractivity contribution in [1.82, 2.24) is 4.31 Å². The number of halogens is 1. The first-order chi connectivity index (χ1) is 13.8. The van der Waals surface area contributed by atoms with Crippen LogP contribution in [0.1, 0.15) is 42.1 Å². The molecular formula is C21H22FNO5S. The number of esters is 1. The lowest BCUT2D eigenvalue weighted by atomic mass is 10.1. The second-order valence-electron chi connectivity index (χ2n) is 6.94. The van der Waals surface area contributed by atoms with Gasteiger partial charge in [-0.25, -0.2) is 12.8 Å². The fourth-order valence-electron chi connectivity index (χ4n) is 3.26. The van der Waals surface area contributed by atoms with Crippen LogP contribution in [-0.4, -0.2) is 37.1 Å². The molecule has 3 rings (SSSR count). The Balaban J connectivity index is 1.76. The van der Waals surface area contributed by atoms with Gasteiger partial charge in [-0.2, -0.15) is 4.31 Å². The summed E-state index contributed by atoms with van der Waals surface area (Å²) in [6.45, 7) is 1.56. The van der Waals surface area contributed by atoms with Crippen molar-refractivity contribution in [3.05, 3.63) is 65.5 Å². The number of nitrogens with zero attached hydrogens (tertiary/aromatic N) is 1. The van der Waals surface area contributed by atoms with Crippen LogP contribution >= 0.6 is 0 Å². The third-order valence-corrected chi connectivity index (χ3v) is 6.81. The first-order valence-electron chi connectivity index (χ1n) is 9.33. The average Bonchev–Trinajstić information content (AvgIpc) is 2.73. The van der Waals surface area contributed by atoms with Crippen molar-refractivity contribution in [2.24, 2.45) is 0 Å². The van der Waals surface area contributed by atoms with Gasteiger partial charge in [0.15, 0.2) is 5.78 Å². The molecule has 154 valence electrons. The second-order valence-corrected chi connectivity index (χ2v) is 8.83. The molecule has 8 heteroatoms. The molecule has 0 N–H and O–H groups in total. The Morgan fingerprint density at radius 2 is 1.72 bits per heavy atom. The molecule has 6 nitrogen and oxygen atoms in total. The van der Waals surface area contributed by atoms with E-state index in [0.29, 0.717) is 30.4 Å². The number of ketones is 1. The first kappa shape index (κ1) is 21.1. The maximum Gasteiger partial charge on any atom is 0.324 e. The first-order valence-corrected chi connectivity index (χ1v) is 10.8. The molecule has 2 aromatic carbocycles.